The van der Waals surface area contributed by atoms with Crippen LogP contribution in [0.25, 0.3) is 0 Å². The summed E-state index contributed by atoms with van der Waals surface area (Å²) in [6.07, 6.45) is 7.81. The number of carbonyl (C=O) groups is 1. The molecule has 0 aromatic carbocycles. The first-order chi connectivity index (χ1) is 16.5. The van der Waals surface area contributed by atoms with Gasteiger partial charge in [0.1, 0.15) is 39.4 Å². The zero-order valence-corrected chi connectivity index (χ0v) is 21.4. The number of rotatable bonds is 11. The highest BCUT2D eigenvalue weighted by Crippen LogP contribution is 2.33. The van der Waals surface area contributed by atoms with Gasteiger partial charge in [0.2, 0.25) is 0 Å². The molecule has 2 unspecified atom stereocenters. The van der Waals surface area contributed by atoms with Crippen molar-refractivity contribution in [1.29, 1.82) is 0 Å². The quantitative estimate of drug-likeness (QED) is 0.249. The van der Waals surface area contributed by atoms with Crippen LogP contribution in [0.3, 0.4) is 0 Å². The Balaban J connectivity index is 2.02. The van der Waals surface area contributed by atoms with Gasteiger partial charge in [0.25, 0.3) is 0 Å². The third kappa shape index (κ3) is 7.70. The molecule has 2 aliphatic rings. The van der Waals surface area contributed by atoms with Gasteiger partial charge in [0.05, 0.1) is 12.8 Å². The van der Waals surface area contributed by atoms with Crippen LogP contribution in [0.15, 0.2) is 20.6 Å². The van der Waals surface area contributed by atoms with Gasteiger partial charge < -0.3 is 24.1 Å². The van der Waals surface area contributed by atoms with Gasteiger partial charge in [0.15, 0.2) is 5.71 Å². The molecule has 0 saturated heterocycles. The Labute approximate surface area is 202 Å². The topological polar surface area (TPSA) is 113 Å². The van der Waals surface area contributed by atoms with Gasteiger partial charge in [-0.1, -0.05) is 33.5 Å². The molecule has 2 rings (SSSR count). The van der Waals surface area contributed by atoms with E-state index in [1.807, 2.05) is 13.8 Å². The van der Waals surface area contributed by atoms with Crippen LogP contribution < -0.4 is 0 Å². The standard InChI is InChI=1S/C24H40N4O6/c1-16(25-31-4)18-11-13-19(14-12-18)22(27-32-5)17(2)26-34-15-20-9-7-8-10-21(20)23(28-33-6)24(29)30-3/h18-21H,7-15H2,1-6H3/b25-16+,26-17+,27-22-,28-23+. The number of methoxy groups -OCH3 is 1. The number of oxime groups is 4. The van der Waals surface area contributed by atoms with Crippen LogP contribution in [-0.4, -0.2) is 63.9 Å². The van der Waals surface area contributed by atoms with Crippen LogP contribution >= 0.6 is 0 Å². The largest absolute Gasteiger partial charge is 0.464 e. The molecule has 0 N–H and O–H groups in total. The van der Waals surface area contributed by atoms with Gasteiger partial charge in [0, 0.05) is 23.7 Å². The Morgan fingerprint density at radius 2 is 1.32 bits per heavy atom. The normalized spacial score (nSPS) is 27.1. The monoisotopic (exact) mass is 480 g/mol. The van der Waals surface area contributed by atoms with Crippen molar-refractivity contribution in [2.24, 2.45) is 44.3 Å². The van der Waals surface area contributed by atoms with E-state index in [2.05, 4.69) is 20.6 Å². The second-order valence-corrected chi connectivity index (χ2v) is 8.90. The fraction of sp³-hybridized carbons (Fsp3) is 0.792. The number of ether oxygens (including phenoxy) is 1. The molecule has 0 heterocycles. The van der Waals surface area contributed by atoms with Crippen molar-refractivity contribution in [3.8, 4) is 0 Å². The lowest BCUT2D eigenvalue weighted by atomic mass is 9.77. The maximum atomic E-state index is 12.2. The lowest BCUT2D eigenvalue weighted by Crippen LogP contribution is -2.35. The number of hydrogen-bond acceptors (Lipinski definition) is 10. The van der Waals surface area contributed by atoms with Gasteiger partial charge in [-0.05, 0) is 52.4 Å². The van der Waals surface area contributed by atoms with Crippen LogP contribution in [-0.2, 0) is 28.9 Å². The predicted octanol–water partition coefficient (Wildman–Crippen LogP) is 4.19. The fourth-order valence-corrected chi connectivity index (χ4v) is 5.04. The molecule has 10 heteroatoms. The Kier molecular flexibility index (Phi) is 11.8. The van der Waals surface area contributed by atoms with E-state index < -0.39 is 5.97 Å². The molecule has 0 amide bonds. The van der Waals surface area contributed by atoms with Crippen molar-refractivity contribution in [1.82, 2.24) is 0 Å². The second kappa shape index (κ2) is 14.6. The van der Waals surface area contributed by atoms with Gasteiger partial charge in [-0.15, -0.1) is 0 Å². The number of carbonyl (C=O) groups excluding carboxylic acids is 1. The molecule has 34 heavy (non-hydrogen) atoms. The summed E-state index contributed by atoms with van der Waals surface area (Å²) in [4.78, 5) is 33.0. The van der Waals surface area contributed by atoms with Crippen molar-refractivity contribution in [3.63, 3.8) is 0 Å². The van der Waals surface area contributed by atoms with E-state index in [0.29, 0.717) is 23.9 Å². The summed E-state index contributed by atoms with van der Waals surface area (Å²) in [6, 6.07) is 0. The fourth-order valence-electron chi connectivity index (χ4n) is 5.04. The summed E-state index contributed by atoms with van der Waals surface area (Å²) in [6.45, 7) is 4.29. The number of hydrogen-bond donors (Lipinski definition) is 0. The molecule has 2 atom stereocenters. The second-order valence-electron chi connectivity index (χ2n) is 8.90. The Morgan fingerprint density at radius 3 is 1.94 bits per heavy atom. The Morgan fingerprint density at radius 1 is 0.735 bits per heavy atom. The van der Waals surface area contributed by atoms with Gasteiger partial charge in [-0.3, -0.25) is 0 Å². The van der Waals surface area contributed by atoms with E-state index in [0.717, 1.165) is 62.8 Å². The summed E-state index contributed by atoms with van der Waals surface area (Å²) in [5.74, 6) is 0.223. The smallest absolute Gasteiger partial charge is 0.356 e. The van der Waals surface area contributed by atoms with Gasteiger partial charge >= 0.3 is 5.97 Å². The predicted molar refractivity (Wildman–Crippen MR) is 131 cm³/mol. The zero-order chi connectivity index (χ0) is 24.9. The van der Waals surface area contributed by atoms with E-state index in [4.69, 9.17) is 24.1 Å². The number of esters is 1. The summed E-state index contributed by atoms with van der Waals surface area (Å²) in [7, 11) is 5.91. The molecule has 0 bridgehead atoms. The van der Waals surface area contributed by atoms with Crippen molar-refractivity contribution in [2.45, 2.75) is 65.2 Å². The first-order valence-corrected chi connectivity index (χ1v) is 12.0. The van der Waals surface area contributed by atoms with Crippen molar-refractivity contribution < 1.29 is 28.9 Å². The van der Waals surface area contributed by atoms with E-state index in [-0.39, 0.29) is 17.8 Å². The summed E-state index contributed by atoms with van der Waals surface area (Å²) in [5, 5.41) is 16.7. The first kappa shape index (κ1) is 27.6. The van der Waals surface area contributed by atoms with Crippen molar-refractivity contribution in [3.05, 3.63) is 0 Å². The molecule has 2 aliphatic carbocycles. The molecule has 0 radical (unpaired) electrons. The summed E-state index contributed by atoms with van der Waals surface area (Å²) >= 11 is 0. The molecule has 2 saturated carbocycles. The maximum absolute atomic E-state index is 12.2. The third-order valence-corrected chi connectivity index (χ3v) is 6.83. The lowest BCUT2D eigenvalue weighted by molar-refractivity contribution is -0.133. The van der Waals surface area contributed by atoms with Crippen LogP contribution in [0.5, 0.6) is 0 Å². The molecule has 2 fully saturated rings. The molecular weight excluding hydrogens is 440 g/mol. The lowest BCUT2D eigenvalue weighted by Gasteiger charge is -2.30. The van der Waals surface area contributed by atoms with Crippen LogP contribution in [0, 0.1) is 23.7 Å². The van der Waals surface area contributed by atoms with E-state index in [9.17, 15) is 4.79 Å². The van der Waals surface area contributed by atoms with E-state index >= 15 is 0 Å². The molecule has 0 aromatic rings. The minimum Gasteiger partial charge on any atom is -0.464 e. The van der Waals surface area contributed by atoms with Gasteiger partial charge in [-0.2, -0.15) is 0 Å². The molecule has 0 aliphatic heterocycles. The SMILES string of the molecule is CO/N=C(\C)C1CCC(C(=N\OC)/C(C)=N/OCC2CCCCC2/C(=N\OC)C(=O)OC)CC1. The van der Waals surface area contributed by atoms with E-state index in [1.165, 1.54) is 14.2 Å². The van der Waals surface area contributed by atoms with E-state index in [1.54, 1.807) is 14.2 Å². The zero-order valence-electron chi connectivity index (χ0n) is 21.4. The van der Waals surface area contributed by atoms with Crippen molar-refractivity contribution >= 4 is 28.8 Å². The van der Waals surface area contributed by atoms with Crippen LogP contribution in [0.4, 0.5) is 0 Å². The van der Waals surface area contributed by atoms with Gasteiger partial charge in [-0.25, -0.2) is 4.79 Å². The third-order valence-electron chi connectivity index (χ3n) is 6.83. The average Bonchev–Trinajstić information content (AvgIpc) is 2.86. The average molecular weight is 481 g/mol. The minimum atomic E-state index is -0.464. The molecule has 192 valence electrons. The first-order valence-electron chi connectivity index (χ1n) is 12.0. The minimum absolute atomic E-state index is 0.0870. The van der Waals surface area contributed by atoms with Crippen LogP contribution in [0.1, 0.15) is 65.2 Å². The highest BCUT2D eigenvalue weighted by molar-refractivity contribution is 6.42. The molecule has 0 spiro atoms. The number of nitrogens with zero attached hydrogens (tertiary/aromatic N) is 4. The van der Waals surface area contributed by atoms with Crippen LogP contribution in [0.2, 0.25) is 0 Å². The highest BCUT2D eigenvalue weighted by atomic mass is 16.6. The highest BCUT2D eigenvalue weighted by Gasteiger charge is 2.35. The van der Waals surface area contributed by atoms with Crippen molar-refractivity contribution in [2.75, 3.05) is 35.0 Å². The summed E-state index contributed by atoms with van der Waals surface area (Å²) < 4.78 is 4.91. The summed E-state index contributed by atoms with van der Waals surface area (Å²) in [5.41, 5.74) is 2.87. The molecular formula is C24H40N4O6. The Hall–Kier alpha value is -2.65. The Bertz CT molecular complexity index is 771. The maximum Gasteiger partial charge on any atom is 0.356 e. The molecule has 0 aromatic heterocycles. The molecule has 10 nitrogen and oxygen atoms in total.